The molecule has 1 saturated carbocycles. The predicted molar refractivity (Wildman–Crippen MR) is 144 cm³/mol. The number of aliphatic imine (C=N–C) groups is 1. The van der Waals surface area contributed by atoms with E-state index in [2.05, 4.69) is 31.0 Å². The van der Waals surface area contributed by atoms with E-state index in [-0.39, 0.29) is 23.6 Å². The van der Waals surface area contributed by atoms with Crippen LogP contribution in [0.3, 0.4) is 0 Å². The number of hydrogen-bond acceptors (Lipinski definition) is 9. The number of aromatic nitrogens is 1. The maximum absolute atomic E-state index is 13.3. The van der Waals surface area contributed by atoms with Crippen LogP contribution in [-0.4, -0.2) is 78.1 Å². The second kappa shape index (κ2) is 10.9. The summed E-state index contributed by atoms with van der Waals surface area (Å²) in [5.74, 6) is -0.612. The summed E-state index contributed by atoms with van der Waals surface area (Å²) in [6.07, 6.45) is 2.31. The summed E-state index contributed by atoms with van der Waals surface area (Å²) in [6, 6.07) is 4.06. The number of amides is 3. The van der Waals surface area contributed by atoms with E-state index in [1.165, 1.54) is 11.3 Å². The fourth-order valence-electron chi connectivity index (χ4n) is 4.99. The van der Waals surface area contributed by atoms with E-state index in [0.29, 0.717) is 40.7 Å². The fraction of sp³-hybridized carbons (Fsp3) is 0.480. The molecule has 3 amide bonds. The molecule has 2 aromatic rings. The number of thiazole rings is 1. The lowest BCUT2D eigenvalue weighted by Crippen LogP contribution is -2.58. The van der Waals surface area contributed by atoms with Gasteiger partial charge in [0, 0.05) is 61.5 Å². The lowest BCUT2D eigenvalue weighted by molar-refractivity contribution is -0.134. The van der Waals surface area contributed by atoms with Gasteiger partial charge in [0.15, 0.2) is 10.8 Å². The van der Waals surface area contributed by atoms with Crippen molar-refractivity contribution in [2.75, 3.05) is 27.7 Å². The zero-order valence-electron chi connectivity index (χ0n) is 21.4. The van der Waals surface area contributed by atoms with Crippen LogP contribution in [0.1, 0.15) is 39.6 Å². The van der Waals surface area contributed by atoms with Crippen LogP contribution in [0.2, 0.25) is 5.02 Å². The molecule has 2 aliphatic heterocycles. The normalized spacial score (nSPS) is 22.6. The molecule has 3 heterocycles. The highest BCUT2D eigenvalue weighted by molar-refractivity contribution is 7.13. The number of amidine groups is 1. The molecule has 5 rings (SSSR count). The SMILES string of the molecule is CN1CCc2nc(C(=O)N[C@@H]3C[C@@H](C(=O)N(C)C)CC[C@@H]3NC(=O)C3=Nc4ccc(Cl)cc4ON3)sc2C1. The van der Waals surface area contributed by atoms with E-state index in [1.54, 1.807) is 37.2 Å². The molecule has 3 aliphatic rings. The second-order valence-electron chi connectivity index (χ2n) is 10.1. The Bertz CT molecular complexity index is 1300. The van der Waals surface area contributed by atoms with Gasteiger partial charge in [-0.2, -0.15) is 5.48 Å². The molecule has 0 spiro atoms. The largest absolute Gasteiger partial charge is 0.378 e. The molecule has 11 nitrogen and oxygen atoms in total. The highest BCUT2D eigenvalue weighted by Crippen LogP contribution is 2.32. The van der Waals surface area contributed by atoms with Crippen LogP contribution in [0, 0.1) is 5.92 Å². The highest BCUT2D eigenvalue weighted by atomic mass is 35.5. The molecule has 3 N–H and O–H groups in total. The molecular weight excluding hydrogens is 530 g/mol. The van der Waals surface area contributed by atoms with Crippen molar-refractivity contribution < 1.29 is 19.2 Å². The summed E-state index contributed by atoms with van der Waals surface area (Å²) in [7, 11) is 5.49. The molecule has 1 aromatic carbocycles. The average molecular weight is 560 g/mol. The van der Waals surface area contributed by atoms with Crippen LogP contribution in [0.25, 0.3) is 0 Å². The van der Waals surface area contributed by atoms with Gasteiger partial charge in [-0.3, -0.25) is 14.4 Å². The number of halogens is 1. The summed E-state index contributed by atoms with van der Waals surface area (Å²) in [6.45, 7) is 1.68. The molecule has 3 atom stereocenters. The molecule has 202 valence electrons. The molecule has 0 unspecified atom stereocenters. The van der Waals surface area contributed by atoms with Gasteiger partial charge in [0.2, 0.25) is 11.7 Å². The standard InChI is InChI=1S/C25H30ClN7O4S/c1-32(2)25(36)13-4-6-15(28-22(34)21-27-16-7-5-14(26)11-19(16)37-31-21)18(10-13)29-23(35)24-30-17-8-9-33(3)12-20(17)38-24/h5,7,11,13,15,18H,4,6,8-10,12H2,1-3H3,(H,27,31)(H,28,34)(H,29,35)/t13-,15-,18+/m0/s1. The second-order valence-corrected chi connectivity index (χ2v) is 11.6. The Balaban J connectivity index is 1.32. The van der Waals surface area contributed by atoms with Crippen molar-refractivity contribution in [3.05, 3.63) is 38.8 Å². The summed E-state index contributed by atoms with van der Waals surface area (Å²) in [5.41, 5.74) is 4.01. The monoisotopic (exact) mass is 559 g/mol. The van der Waals surface area contributed by atoms with Crippen LogP contribution in [0.5, 0.6) is 5.75 Å². The lowest BCUT2D eigenvalue weighted by Gasteiger charge is -2.37. The smallest absolute Gasteiger partial charge is 0.290 e. The number of fused-ring (bicyclic) bond motifs is 2. The Morgan fingerprint density at radius 1 is 1.18 bits per heavy atom. The van der Waals surface area contributed by atoms with E-state index in [4.69, 9.17) is 16.4 Å². The predicted octanol–water partition coefficient (Wildman–Crippen LogP) is 1.88. The number of nitrogens with one attached hydrogen (secondary N) is 3. The van der Waals surface area contributed by atoms with Crippen LogP contribution in [0.15, 0.2) is 23.2 Å². The fourth-order valence-corrected chi connectivity index (χ4v) is 6.24. The first-order chi connectivity index (χ1) is 18.2. The average Bonchev–Trinajstić information content (AvgIpc) is 3.32. The van der Waals surface area contributed by atoms with Crippen molar-refractivity contribution in [3.8, 4) is 5.75 Å². The molecule has 0 radical (unpaired) electrons. The number of hydroxylamine groups is 1. The van der Waals surface area contributed by atoms with Gasteiger partial charge in [-0.05, 0) is 38.4 Å². The van der Waals surface area contributed by atoms with Crippen molar-refractivity contribution in [1.82, 2.24) is 30.9 Å². The summed E-state index contributed by atoms with van der Waals surface area (Å²) < 4.78 is 0. The Kier molecular flexibility index (Phi) is 7.55. The van der Waals surface area contributed by atoms with Gasteiger partial charge in [-0.15, -0.1) is 11.3 Å². The number of carbonyl (C=O) groups is 3. The molecule has 0 saturated heterocycles. The van der Waals surface area contributed by atoms with Gasteiger partial charge in [0.25, 0.3) is 11.8 Å². The molecule has 38 heavy (non-hydrogen) atoms. The minimum absolute atomic E-state index is 0.00349. The van der Waals surface area contributed by atoms with Crippen LogP contribution < -0.4 is 21.0 Å². The molecular formula is C25H30ClN7O4S. The van der Waals surface area contributed by atoms with Gasteiger partial charge >= 0.3 is 0 Å². The maximum atomic E-state index is 13.3. The Hall–Kier alpha value is -3.22. The van der Waals surface area contributed by atoms with E-state index in [0.717, 1.165) is 30.1 Å². The zero-order chi connectivity index (χ0) is 27.0. The van der Waals surface area contributed by atoms with E-state index in [1.807, 2.05) is 7.05 Å². The summed E-state index contributed by atoms with van der Waals surface area (Å²) in [4.78, 5) is 58.4. The molecule has 13 heteroatoms. The minimum atomic E-state index is -0.472. The Morgan fingerprint density at radius 3 is 2.76 bits per heavy atom. The van der Waals surface area contributed by atoms with Crippen LogP contribution >= 0.6 is 22.9 Å². The molecule has 0 bridgehead atoms. The zero-order valence-corrected chi connectivity index (χ0v) is 23.0. The van der Waals surface area contributed by atoms with E-state index in [9.17, 15) is 14.4 Å². The van der Waals surface area contributed by atoms with E-state index >= 15 is 0 Å². The van der Waals surface area contributed by atoms with Crippen molar-refractivity contribution in [1.29, 1.82) is 0 Å². The van der Waals surface area contributed by atoms with Crippen molar-refractivity contribution >= 4 is 52.2 Å². The van der Waals surface area contributed by atoms with Crippen molar-refractivity contribution in [2.45, 2.75) is 44.3 Å². The summed E-state index contributed by atoms with van der Waals surface area (Å²) >= 11 is 7.39. The quantitative estimate of drug-likeness (QED) is 0.510. The molecule has 1 aromatic heterocycles. The van der Waals surface area contributed by atoms with Gasteiger partial charge < -0.3 is 25.3 Å². The third-order valence-corrected chi connectivity index (χ3v) is 8.33. The molecule has 1 aliphatic carbocycles. The number of hydrogen-bond donors (Lipinski definition) is 3. The number of benzene rings is 1. The topological polar surface area (TPSA) is 128 Å². The third kappa shape index (κ3) is 5.62. The molecule has 1 fully saturated rings. The number of rotatable bonds is 5. The van der Waals surface area contributed by atoms with Gasteiger partial charge in [-0.25, -0.2) is 9.98 Å². The first kappa shape index (κ1) is 26.4. The maximum Gasteiger partial charge on any atom is 0.290 e. The third-order valence-electron chi connectivity index (χ3n) is 7.02. The van der Waals surface area contributed by atoms with Gasteiger partial charge in [-0.1, -0.05) is 11.6 Å². The first-order valence-electron chi connectivity index (χ1n) is 12.5. The van der Waals surface area contributed by atoms with Gasteiger partial charge in [0.05, 0.1) is 11.7 Å². The number of carbonyl (C=O) groups excluding carboxylic acids is 3. The van der Waals surface area contributed by atoms with Crippen molar-refractivity contribution in [3.63, 3.8) is 0 Å². The highest BCUT2D eigenvalue weighted by Gasteiger charge is 2.37. The van der Waals surface area contributed by atoms with Crippen LogP contribution in [0.4, 0.5) is 5.69 Å². The lowest BCUT2D eigenvalue weighted by atomic mass is 9.81. The van der Waals surface area contributed by atoms with E-state index < -0.39 is 18.0 Å². The number of likely N-dealkylation sites (N-methyl/N-ethyl adjacent to an activating group) is 1. The van der Waals surface area contributed by atoms with Crippen molar-refractivity contribution in [2.24, 2.45) is 10.9 Å². The minimum Gasteiger partial charge on any atom is -0.378 e. The van der Waals surface area contributed by atoms with Gasteiger partial charge in [0.1, 0.15) is 5.69 Å². The van der Waals surface area contributed by atoms with Crippen LogP contribution in [-0.2, 0) is 22.6 Å². The number of nitrogens with zero attached hydrogens (tertiary/aromatic N) is 4. The summed E-state index contributed by atoms with van der Waals surface area (Å²) in [5, 5.41) is 6.93. The Morgan fingerprint density at radius 2 is 1.97 bits per heavy atom. The Labute approximate surface area is 229 Å². The first-order valence-corrected chi connectivity index (χ1v) is 13.7.